The number of allylic oxidation sites excluding steroid dienone is 2. The number of hydrogen-bond acceptors (Lipinski definition) is 1. The molecule has 2 heteroatoms. The third-order valence-electron chi connectivity index (χ3n) is 0.766. The summed E-state index contributed by atoms with van der Waals surface area (Å²) in [5, 5.41) is 0. The zero-order chi connectivity index (χ0) is 8.57. The van der Waals surface area contributed by atoms with E-state index in [1.165, 1.54) is 0 Å². The highest BCUT2D eigenvalue weighted by Crippen LogP contribution is 2.14. The normalized spacial score (nSPS) is 9.50. The average Bonchev–Trinajstić information content (AvgIpc) is 2.05. The summed E-state index contributed by atoms with van der Waals surface area (Å²) in [4.78, 5) is 0. The van der Waals surface area contributed by atoms with E-state index in [9.17, 15) is 0 Å². The second-order valence-electron chi connectivity index (χ2n) is 1.26. The van der Waals surface area contributed by atoms with Gasteiger partial charge >= 0.3 is 0 Å². The molecule has 0 aromatic carbocycles. The maximum atomic E-state index is 4.79. The lowest BCUT2D eigenvalue weighted by molar-refractivity contribution is 0.307. The van der Waals surface area contributed by atoms with Gasteiger partial charge in [0, 0.05) is 0 Å². The van der Waals surface area contributed by atoms with E-state index in [1.807, 2.05) is 26.8 Å². The van der Waals surface area contributed by atoms with E-state index >= 15 is 0 Å². The van der Waals surface area contributed by atoms with Gasteiger partial charge in [0.1, 0.15) is 5.76 Å². The molecule has 0 heterocycles. The Labute approximate surface area is 71.9 Å². The first-order chi connectivity index (χ1) is 4.72. The van der Waals surface area contributed by atoms with E-state index in [4.69, 9.17) is 4.74 Å². The van der Waals surface area contributed by atoms with Crippen LogP contribution in [0.25, 0.3) is 0 Å². The minimum absolute atomic E-state index is 0.660. The van der Waals surface area contributed by atoms with Gasteiger partial charge in [0.2, 0.25) is 0 Å². The van der Waals surface area contributed by atoms with Gasteiger partial charge in [-0.15, -0.1) is 0 Å². The maximum Gasteiger partial charge on any atom is 0.125 e. The molecule has 0 saturated heterocycles. The molecule has 1 nitrogen and oxygen atoms in total. The van der Waals surface area contributed by atoms with Gasteiger partial charge in [0.05, 0.1) is 11.6 Å². The van der Waals surface area contributed by atoms with Crippen LogP contribution >= 0.6 is 15.9 Å². The maximum absolute atomic E-state index is 4.79. The highest BCUT2D eigenvalue weighted by atomic mass is 79.9. The van der Waals surface area contributed by atoms with Crippen molar-refractivity contribution in [2.75, 3.05) is 7.11 Å². The molecule has 0 aromatic rings. The van der Waals surface area contributed by atoms with Crippen molar-refractivity contribution in [3.63, 3.8) is 0 Å². The van der Waals surface area contributed by atoms with Crippen LogP contribution < -0.4 is 0 Å². The molecule has 0 atom stereocenters. The Bertz CT molecular complexity index is 116. The van der Waals surface area contributed by atoms with Gasteiger partial charge < -0.3 is 4.74 Å². The van der Waals surface area contributed by atoms with Gasteiger partial charge in [-0.3, -0.25) is 0 Å². The van der Waals surface area contributed by atoms with Gasteiger partial charge in [0.15, 0.2) is 0 Å². The van der Waals surface area contributed by atoms with E-state index in [1.54, 1.807) is 7.11 Å². The number of hydrogen-bond donors (Lipinski definition) is 0. The fourth-order valence-electron chi connectivity index (χ4n) is 0.258. The van der Waals surface area contributed by atoms with Gasteiger partial charge in [-0.25, -0.2) is 0 Å². The molecule has 0 unspecified atom stereocenters. The quantitative estimate of drug-likeness (QED) is 0.497. The highest BCUT2D eigenvalue weighted by molar-refractivity contribution is 9.11. The molecule has 0 spiro atoms. The van der Waals surface area contributed by atoms with Crippen LogP contribution in [0.2, 0.25) is 0 Å². The first-order valence-electron chi connectivity index (χ1n) is 3.27. The molecule has 60 valence electrons. The van der Waals surface area contributed by atoms with Gasteiger partial charge in [0.25, 0.3) is 0 Å². The van der Waals surface area contributed by atoms with E-state index in [0.717, 1.165) is 4.48 Å². The molecule has 0 aliphatic carbocycles. The van der Waals surface area contributed by atoms with Crippen LogP contribution in [-0.2, 0) is 4.74 Å². The number of halogens is 1. The van der Waals surface area contributed by atoms with Crippen molar-refractivity contribution in [2.45, 2.75) is 20.8 Å². The second-order valence-corrected chi connectivity index (χ2v) is 2.12. The first kappa shape index (κ1) is 12.4. The Morgan fingerprint density at radius 3 is 2.00 bits per heavy atom. The predicted molar refractivity (Wildman–Crippen MR) is 50.2 cm³/mol. The smallest absolute Gasteiger partial charge is 0.125 e. The summed E-state index contributed by atoms with van der Waals surface area (Å²) in [6.45, 7) is 9.52. The summed E-state index contributed by atoms with van der Waals surface area (Å²) >= 11 is 3.24. The van der Waals surface area contributed by atoms with E-state index < -0.39 is 0 Å². The molecule has 0 radical (unpaired) electrons. The Kier molecular flexibility index (Phi) is 10.9. The average molecular weight is 207 g/mol. The minimum atomic E-state index is 0.660. The second kappa shape index (κ2) is 8.76. The fourth-order valence-corrected chi connectivity index (χ4v) is 0.420. The van der Waals surface area contributed by atoms with Crippen LogP contribution in [0.3, 0.4) is 0 Å². The first-order valence-corrected chi connectivity index (χ1v) is 4.06. The van der Waals surface area contributed by atoms with Crippen LogP contribution in [0.4, 0.5) is 0 Å². The largest absolute Gasteiger partial charge is 0.496 e. The van der Waals surface area contributed by atoms with Crippen LogP contribution in [0.15, 0.2) is 22.9 Å². The Morgan fingerprint density at radius 1 is 1.50 bits per heavy atom. The van der Waals surface area contributed by atoms with Gasteiger partial charge in [-0.1, -0.05) is 26.5 Å². The zero-order valence-corrected chi connectivity index (χ0v) is 8.66. The molecule has 0 bridgehead atoms. The molecule has 0 saturated carbocycles. The zero-order valence-electron chi connectivity index (χ0n) is 7.07. The van der Waals surface area contributed by atoms with E-state index in [0.29, 0.717) is 5.76 Å². The molecular formula is C8H15BrO. The topological polar surface area (TPSA) is 9.23 Å². The third-order valence-corrected chi connectivity index (χ3v) is 1.67. The number of methoxy groups -OCH3 is 1. The summed E-state index contributed by atoms with van der Waals surface area (Å²) in [5.41, 5.74) is 0. The number of rotatable bonds is 2. The van der Waals surface area contributed by atoms with Crippen LogP contribution in [0.1, 0.15) is 20.8 Å². The van der Waals surface area contributed by atoms with Crippen LogP contribution in [0, 0.1) is 0 Å². The molecule has 0 aliphatic rings. The highest BCUT2D eigenvalue weighted by Gasteiger charge is 1.91. The minimum Gasteiger partial charge on any atom is -0.496 e. The summed E-state index contributed by atoms with van der Waals surface area (Å²) < 4.78 is 5.70. The van der Waals surface area contributed by atoms with E-state index in [-0.39, 0.29) is 0 Å². The van der Waals surface area contributed by atoms with Crippen LogP contribution in [-0.4, -0.2) is 7.11 Å². The molecular weight excluding hydrogens is 192 g/mol. The summed E-state index contributed by atoms with van der Waals surface area (Å²) in [6.07, 6.45) is 1.88. The van der Waals surface area contributed by atoms with Gasteiger partial charge in [-0.2, -0.15) is 0 Å². The summed E-state index contributed by atoms with van der Waals surface area (Å²) in [5.74, 6) is 0.660. The van der Waals surface area contributed by atoms with Crippen molar-refractivity contribution in [3.8, 4) is 0 Å². The van der Waals surface area contributed by atoms with Crippen molar-refractivity contribution >= 4 is 15.9 Å². The lowest BCUT2D eigenvalue weighted by Crippen LogP contribution is -1.80. The molecule has 0 N–H and O–H groups in total. The Balaban J connectivity index is 0. The van der Waals surface area contributed by atoms with Crippen molar-refractivity contribution in [2.24, 2.45) is 0 Å². The standard InChI is InChI=1S/C6H9BrO.C2H6/c1-4-6(7)5(2)8-3;1-2/h4H,2H2,1,3H3;1-2H3/b6-4+;. The lowest BCUT2D eigenvalue weighted by Gasteiger charge is -1.98. The van der Waals surface area contributed by atoms with Crippen molar-refractivity contribution in [1.29, 1.82) is 0 Å². The summed E-state index contributed by atoms with van der Waals surface area (Å²) in [7, 11) is 1.59. The Morgan fingerprint density at radius 2 is 1.90 bits per heavy atom. The Hall–Kier alpha value is -0.240. The monoisotopic (exact) mass is 206 g/mol. The molecule has 0 rings (SSSR count). The molecule has 0 amide bonds. The van der Waals surface area contributed by atoms with E-state index in [2.05, 4.69) is 22.5 Å². The van der Waals surface area contributed by atoms with Crippen molar-refractivity contribution in [1.82, 2.24) is 0 Å². The number of ether oxygens (including phenoxy) is 1. The van der Waals surface area contributed by atoms with Crippen molar-refractivity contribution in [3.05, 3.63) is 22.9 Å². The predicted octanol–water partition coefficient (Wildman–Crippen LogP) is 3.47. The third kappa shape index (κ3) is 5.89. The lowest BCUT2D eigenvalue weighted by atomic mass is 10.5. The molecule has 0 aromatic heterocycles. The molecule has 10 heavy (non-hydrogen) atoms. The van der Waals surface area contributed by atoms with Crippen LogP contribution in [0.5, 0.6) is 0 Å². The summed E-state index contributed by atoms with van der Waals surface area (Å²) in [6, 6.07) is 0. The fraction of sp³-hybridized carbons (Fsp3) is 0.500. The SMILES string of the molecule is C=C(OC)/C(Br)=C\C.CC. The molecule has 0 aliphatic heterocycles. The van der Waals surface area contributed by atoms with Crippen molar-refractivity contribution < 1.29 is 4.74 Å². The van der Waals surface area contributed by atoms with Gasteiger partial charge in [-0.05, 0) is 22.9 Å². The molecule has 0 fully saturated rings.